The van der Waals surface area contributed by atoms with Gasteiger partial charge in [0.2, 0.25) is 0 Å². The maximum absolute atomic E-state index is 10.6. The van der Waals surface area contributed by atoms with Crippen molar-refractivity contribution in [1.82, 2.24) is 0 Å². The normalized spacial score (nSPS) is 35.3. The summed E-state index contributed by atoms with van der Waals surface area (Å²) in [5, 5.41) is 18.8. The second-order valence-electron chi connectivity index (χ2n) is 5.92. The SMILES string of the molecule is CC(C)C1CCC(C)(CCC(=O)O)CC1O. The van der Waals surface area contributed by atoms with E-state index in [9.17, 15) is 9.90 Å². The van der Waals surface area contributed by atoms with Crippen LogP contribution in [0.1, 0.15) is 52.9 Å². The van der Waals surface area contributed by atoms with Crippen LogP contribution in [0.25, 0.3) is 0 Å². The standard InChI is InChI=1S/C13H24O3/c1-9(2)10-4-6-13(3,8-11(10)14)7-5-12(15)16/h9-11,14H,4-8H2,1-3H3,(H,15,16). The van der Waals surface area contributed by atoms with Crippen molar-refractivity contribution in [3.05, 3.63) is 0 Å². The number of hydrogen-bond acceptors (Lipinski definition) is 2. The lowest BCUT2D eigenvalue weighted by atomic mass is 9.66. The Balaban J connectivity index is 2.51. The molecule has 94 valence electrons. The third kappa shape index (κ3) is 3.48. The van der Waals surface area contributed by atoms with Gasteiger partial charge in [-0.15, -0.1) is 0 Å². The fourth-order valence-electron chi connectivity index (χ4n) is 2.88. The van der Waals surface area contributed by atoms with Crippen molar-refractivity contribution in [3.63, 3.8) is 0 Å². The monoisotopic (exact) mass is 228 g/mol. The van der Waals surface area contributed by atoms with Gasteiger partial charge < -0.3 is 10.2 Å². The number of aliphatic carboxylic acids is 1. The van der Waals surface area contributed by atoms with Crippen LogP contribution in [0, 0.1) is 17.3 Å². The summed E-state index contributed by atoms with van der Waals surface area (Å²) in [6.07, 6.45) is 3.46. The number of carboxylic acids is 1. The van der Waals surface area contributed by atoms with Gasteiger partial charge in [-0.25, -0.2) is 0 Å². The Morgan fingerprint density at radius 1 is 1.50 bits per heavy atom. The van der Waals surface area contributed by atoms with E-state index >= 15 is 0 Å². The maximum Gasteiger partial charge on any atom is 0.303 e. The van der Waals surface area contributed by atoms with Gasteiger partial charge in [0.25, 0.3) is 0 Å². The van der Waals surface area contributed by atoms with Gasteiger partial charge in [-0.3, -0.25) is 4.79 Å². The van der Waals surface area contributed by atoms with Crippen molar-refractivity contribution in [2.45, 2.75) is 59.0 Å². The van der Waals surface area contributed by atoms with Crippen LogP contribution < -0.4 is 0 Å². The Labute approximate surface area is 97.9 Å². The molecule has 1 saturated carbocycles. The molecule has 0 heterocycles. The van der Waals surface area contributed by atoms with E-state index in [1.165, 1.54) is 0 Å². The van der Waals surface area contributed by atoms with Gasteiger partial charge in [-0.1, -0.05) is 20.8 Å². The van der Waals surface area contributed by atoms with Gasteiger partial charge >= 0.3 is 5.97 Å². The summed E-state index contributed by atoms with van der Waals surface area (Å²) in [4.78, 5) is 10.6. The fraction of sp³-hybridized carbons (Fsp3) is 0.923. The third-order valence-electron chi connectivity index (χ3n) is 4.08. The number of hydrogen-bond donors (Lipinski definition) is 2. The highest BCUT2D eigenvalue weighted by Crippen LogP contribution is 2.44. The van der Waals surface area contributed by atoms with Crippen LogP contribution >= 0.6 is 0 Å². The van der Waals surface area contributed by atoms with Crippen molar-refractivity contribution in [2.24, 2.45) is 17.3 Å². The van der Waals surface area contributed by atoms with Crippen LogP contribution in [0.4, 0.5) is 0 Å². The van der Waals surface area contributed by atoms with Gasteiger partial charge in [0, 0.05) is 6.42 Å². The average molecular weight is 228 g/mol. The molecule has 0 radical (unpaired) electrons. The van der Waals surface area contributed by atoms with Gasteiger partial charge in [-0.2, -0.15) is 0 Å². The second-order valence-corrected chi connectivity index (χ2v) is 5.92. The first kappa shape index (κ1) is 13.5. The Bertz CT molecular complexity index is 250. The average Bonchev–Trinajstić information content (AvgIpc) is 2.14. The minimum absolute atomic E-state index is 0.0171. The zero-order valence-corrected chi connectivity index (χ0v) is 10.6. The molecule has 16 heavy (non-hydrogen) atoms. The van der Waals surface area contributed by atoms with E-state index < -0.39 is 5.97 Å². The Kier molecular flexibility index (Phi) is 4.36. The van der Waals surface area contributed by atoms with Crippen LogP contribution in [0.15, 0.2) is 0 Å². The van der Waals surface area contributed by atoms with E-state index in [4.69, 9.17) is 5.11 Å². The zero-order chi connectivity index (χ0) is 12.3. The molecule has 0 aromatic rings. The summed E-state index contributed by atoms with van der Waals surface area (Å²) in [7, 11) is 0. The molecule has 0 amide bonds. The smallest absolute Gasteiger partial charge is 0.303 e. The molecular formula is C13H24O3. The predicted octanol–water partition coefficient (Wildman–Crippen LogP) is 2.67. The van der Waals surface area contributed by atoms with Gasteiger partial charge in [0.1, 0.15) is 0 Å². The molecule has 3 heteroatoms. The predicted molar refractivity (Wildman–Crippen MR) is 63.2 cm³/mol. The Morgan fingerprint density at radius 2 is 2.12 bits per heavy atom. The Hall–Kier alpha value is -0.570. The molecule has 1 fully saturated rings. The van der Waals surface area contributed by atoms with Crippen molar-refractivity contribution in [3.8, 4) is 0 Å². The van der Waals surface area contributed by atoms with E-state index in [2.05, 4.69) is 20.8 Å². The number of aliphatic hydroxyl groups is 1. The molecule has 1 aliphatic rings. The number of carboxylic acid groups (broad SMARTS) is 1. The lowest BCUT2D eigenvalue weighted by molar-refractivity contribution is -0.138. The lowest BCUT2D eigenvalue weighted by Gasteiger charge is -2.42. The van der Waals surface area contributed by atoms with Crippen molar-refractivity contribution in [2.75, 3.05) is 0 Å². The molecule has 3 nitrogen and oxygen atoms in total. The second kappa shape index (κ2) is 5.17. The van der Waals surface area contributed by atoms with Crippen molar-refractivity contribution >= 4 is 5.97 Å². The molecule has 1 rings (SSSR count). The highest BCUT2D eigenvalue weighted by atomic mass is 16.4. The molecule has 0 spiro atoms. The van der Waals surface area contributed by atoms with Gasteiger partial charge in [0.15, 0.2) is 0 Å². The summed E-state index contributed by atoms with van der Waals surface area (Å²) >= 11 is 0. The molecule has 2 N–H and O–H groups in total. The van der Waals surface area contributed by atoms with E-state index in [0.29, 0.717) is 18.3 Å². The van der Waals surface area contributed by atoms with Crippen LogP contribution in [0.3, 0.4) is 0 Å². The summed E-state index contributed by atoms with van der Waals surface area (Å²) in [5.41, 5.74) is 0.0171. The molecule has 0 aromatic heterocycles. The quantitative estimate of drug-likeness (QED) is 0.777. The largest absolute Gasteiger partial charge is 0.481 e. The molecule has 0 saturated heterocycles. The first-order valence-electron chi connectivity index (χ1n) is 6.24. The summed E-state index contributed by atoms with van der Waals surface area (Å²) in [5.74, 6) is 0.165. The molecule has 0 aliphatic heterocycles. The third-order valence-corrected chi connectivity index (χ3v) is 4.08. The number of carbonyl (C=O) groups is 1. The highest BCUT2D eigenvalue weighted by Gasteiger charge is 2.37. The highest BCUT2D eigenvalue weighted by molar-refractivity contribution is 5.66. The van der Waals surface area contributed by atoms with E-state index in [1.54, 1.807) is 0 Å². The maximum atomic E-state index is 10.6. The lowest BCUT2D eigenvalue weighted by Crippen LogP contribution is -2.38. The van der Waals surface area contributed by atoms with E-state index in [1.807, 2.05) is 0 Å². The van der Waals surface area contributed by atoms with Crippen LogP contribution in [0.2, 0.25) is 0 Å². The molecule has 0 aromatic carbocycles. The molecule has 0 bridgehead atoms. The molecule has 1 aliphatic carbocycles. The zero-order valence-electron chi connectivity index (χ0n) is 10.6. The number of rotatable bonds is 4. The van der Waals surface area contributed by atoms with Crippen LogP contribution in [-0.2, 0) is 4.79 Å². The first-order valence-corrected chi connectivity index (χ1v) is 6.24. The minimum Gasteiger partial charge on any atom is -0.481 e. The fourth-order valence-corrected chi connectivity index (χ4v) is 2.88. The molecule has 3 unspecified atom stereocenters. The van der Waals surface area contributed by atoms with E-state index in [-0.39, 0.29) is 17.9 Å². The van der Waals surface area contributed by atoms with Crippen molar-refractivity contribution < 1.29 is 15.0 Å². The summed E-state index contributed by atoms with van der Waals surface area (Å²) in [6, 6.07) is 0. The summed E-state index contributed by atoms with van der Waals surface area (Å²) < 4.78 is 0. The van der Waals surface area contributed by atoms with Crippen LogP contribution in [-0.4, -0.2) is 22.3 Å². The number of aliphatic hydroxyl groups excluding tert-OH is 1. The van der Waals surface area contributed by atoms with Gasteiger partial charge in [-0.05, 0) is 42.9 Å². The molecular weight excluding hydrogens is 204 g/mol. The van der Waals surface area contributed by atoms with Crippen molar-refractivity contribution in [1.29, 1.82) is 0 Å². The molecule has 3 atom stereocenters. The topological polar surface area (TPSA) is 57.5 Å². The van der Waals surface area contributed by atoms with Crippen LogP contribution in [0.5, 0.6) is 0 Å². The van der Waals surface area contributed by atoms with Gasteiger partial charge in [0.05, 0.1) is 6.10 Å². The Morgan fingerprint density at radius 3 is 2.56 bits per heavy atom. The first-order chi connectivity index (χ1) is 7.34. The summed E-state index contributed by atoms with van der Waals surface area (Å²) in [6.45, 7) is 6.40. The van der Waals surface area contributed by atoms with E-state index in [0.717, 1.165) is 19.3 Å². The minimum atomic E-state index is -0.735.